The van der Waals surface area contributed by atoms with Crippen molar-refractivity contribution in [1.82, 2.24) is 24.4 Å². The van der Waals surface area contributed by atoms with Crippen LogP contribution < -0.4 is 4.90 Å². The van der Waals surface area contributed by atoms with Crippen molar-refractivity contribution in [2.24, 2.45) is 0 Å². The summed E-state index contributed by atoms with van der Waals surface area (Å²) in [6.07, 6.45) is 5.45. The van der Waals surface area contributed by atoms with Crippen LogP contribution in [0.3, 0.4) is 0 Å². The molecule has 3 heterocycles. The van der Waals surface area contributed by atoms with E-state index in [1.165, 1.54) is 0 Å². The van der Waals surface area contributed by atoms with Crippen LogP contribution in [-0.2, 0) is 4.74 Å². The number of hydrogen-bond donors (Lipinski definition) is 0. The normalized spacial score (nSPS) is 13.4. The van der Waals surface area contributed by atoms with Crippen molar-refractivity contribution in [2.75, 3.05) is 45.2 Å². The number of aromatic nitrogens is 3. The highest BCUT2D eigenvalue weighted by atomic mass is 16.6. The van der Waals surface area contributed by atoms with E-state index < -0.39 is 5.60 Å². The zero-order valence-corrected chi connectivity index (χ0v) is 27.2. The van der Waals surface area contributed by atoms with E-state index in [0.717, 1.165) is 57.5 Å². The van der Waals surface area contributed by atoms with Crippen LogP contribution in [0.2, 0.25) is 0 Å². The number of carbonyl (C=O) groups is 2. The molecule has 0 N–H and O–H groups in total. The van der Waals surface area contributed by atoms with E-state index in [2.05, 4.69) is 34.3 Å². The van der Waals surface area contributed by atoms with Gasteiger partial charge in [-0.2, -0.15) is 5.10 Å². The molecule has 3 aromatic carbocycles. The maximum Gasteiger partial charge on any atom is 0.410 e. The molecule has 0 spiro atoms. The molecule has 0 saturated carbocycles. The Kier molecular flexibility index (Phi) is 9.09. The summed E-state index contributed by atoms with van der Waals surface area (Å²) in [4.78, 5) is 35.7. The van der Waals surface area contributed by atoms with Crippen LogP contribution in [0, 0.1) is 0 Å². The fourth-order valence-electron chi connectivity index (χ4n) is 5.52. The molecular weight excluding hydrogens is 564 g/mol. The average Bonchev–Trinajstić information content (AvgIpc) is 3.47. The molecule has 1 aliphatic rings. The summed E-state index contributed by atoms with van der Waals surface area (Å²) in [5.41, 5.74) is 5.94. The van der Waals surface area contributed by atoms with Gasteiger partial charge in [0.1, 0.15) is 5.60 Å². The number of hydrogen-bond acceptors (Lipinski definition) is 6. The van der Waals surface area contributed by atoms with Crippen LogP contribution in [0.1, 0.15) is 45.0 Å². The summed E-state index contributed by atoms with van der Waals surface area (Å²) in [5.74, 6) is -0.0283. The van der Waals surface area contributed by atoms with Gasteiger partial charge in [-0.05, 0) is 60.9 Å². The predicted octanol–water partition coefficient (Wildman–Crippen LogP) is 7.00. The third kappa shape index (κ3) is 6.62. The first-order valence-electron chi connectivity index (χ1n) is 15.5. The lowest BCUT2D eigenvalue weighted by Gasteiger charge is -2.36. The van der Waals surface area contributed by atoms with Crippen molar-refractivity contribution in [1.29, 1.82) is 0 Å². The molecule has 45 heavy (non-hydrogen) atoms. The Morgan fingerprint density at radius 2 is 1.47 bits per heavy atom. The number of ether oxygens (including phenoxy) is 1. The predicted molar refractivity (Wildman–Crippen MR) is 181 cm³/mol. The van der Waals surface area contributed by atoms with Gasteiger partial charge in [-0.1, -0.05) is 56.3 Å². The standard InChI is InChI=1S/C34H36N6O3.C2H6/c1-34(2,3)43-33(42)39-18-16-38(17-19-39)25-14-12-23(13-15-25)24-20-35-31-30(21-36-40(31)22-24)28-10-6-9-27-26(28)8-7-11-29(27)32(41)37(4)5;1-2/h6-15,20-22H,16-19H2,1-5H3;1-2H3. The number of anilines is 1. The molecule has 0 radical (unpaired) electrons. The van der Waals surface area contributed by atoms with Crippen LogP contribution in [-0.4, -0.2) is 82.3 Å². The van der Waals surface area contributed by atoms with Crippen LogP contribution in [0.4, 0.5) is 10.5 Å². The molecule has 1 fully saturated rings. The molecule has 2 aromatic heterocycles. The fourth-order valence-corrected chi connectivity index (χ4v) is 5.52. The molecular formula is C36H42N6O3. The SMILES string of the molecule is CC.CN(C)C(=O)c1cccc2c(-c3cnn4cc(-c5ccc(N6CCN(C(=O)OC(C)(C)C)CC6)cc5)cnc34)cccc12. The molecule has 9 nitrogen and oxygen atoms in total. The molecule has 9 heteroatoms. The van der Waals surface area contributed by atoms with Crippen LogP contribution >= 0.6 is 0 Å². The highest BCUT2D eigenvalue weighted by Gasteiger charge is 2.26. The van der Waals surface area contributed by atoms with Crippen molar-refractivity contribution in [2.45, 2.75) is 40.2 Å². The number of nitrogens with zero attached hydrogens (tertiary/aromatic N) is 6. The maximum atomic E-state index is 12.8. The zero-order valence-electron chi connectivity index (χ0n) is 27.2. The molecule has 1 aliphatic heterocycles. The number of carbonyl (C=O) groups excluding carboxylic acids is 2. The summed E-state index contributed by atoms with van der Waals surface area (Å²) < 4.78 is 7.33. The van der Waals surface area contributed by atoms with Gasteiger partial charge in [0, 0.05) is 75.0 Å². The van der Waals surface area contributed by atoms with Crippen LogP contribution in [0.5, 0.6) is 0 Å². The van der Waals surface area contributed by atoms with E-state index in [0.29, 0.717) is 18.7 Å². The summed E-state index contributed by atoms with van der Waals surface area (Å²) in [5, 5.41) is 6.52. The molecule has 5 aromatic rings. The Labute approximate surface area is 265 Å². The molecule has 6 rings (SSSR count). The second-order valence-corrected chi connectivity index (χ2v) is 12.1. The third-order valence-electron chi connectivity index (χ3n) is 7.70. The van der Waals surface area contributed by atoms with Gasteiger partial charge in [0.25, 0.3) is 5.91 Å². The number of benzene rings is 3. The van der Waals surface area contributed by atoms with Crippen molar-refractivity contribution in [3.8, 4) is 22.3 Å². The first kappa shape index (κ1) is 31.5. The van der Waals surface area contributed by atoms with E-state index in [4.69, 9.17) is 9.72 Å². The Bertz CT molecular complexity index is 1810. The second kappa shape index (κ2) is 13.0. The molecule has 0 aliphatic carbocycles. The summed E-state index contributed by atoms with van der Waals surface area (Å²) in [7, 11) is 3.53. The maximum absolute atomic E-state index is 12.8. The van der Waals surface area contributed by atoms with Gasteiger partial charge in [-0.3, -0.25) is 4.79 Å². The Morgan fingerprint density at radius 1 is 0.800 bits per heavy atom. The molecule has 234 valence electrons. The average molecular weight is 607 g/mol. The van der Waals surface area contributed by atoms with Crippen molar-refractivity contribution in [3.05, 3.63) is 84.8 Å². The van der Waals surface area contributed by atoms with E-state index in [-0.39, 0.29) is 12.0 Å². The minimum Gasteiger partial charge on any atom is -0.444 e. The number of fused-ring (bicyclic) bond motifs is 2. The van der Waals surface area contributed by atoms with Crippen LogP contribution in [0.25, 0.3) is 38.7 Å². The summed E-state index contributed by atoms with van der Waals surface area (Å²) in [6.45, 7) is 12.4. The van der Waals surface area contributed by atoms with Gasteiger partial charge in [0.15, 0.2) is 5.65 Å². The number of piperazine rings is 1. The van der Waals surface area contributed by atoms with Gasteiger partial charge in [0.2, 0.25) is 0 Å². The van der Waals surface area contributed by atoms with E-state index in [1.54, 1.807) is 23.9 Å². The van der Waals surface area contributed by atoms with Crippen LogP contribution in [0.15, 0.2) is 79.3 Å². The second-order valence-electron chi connectivity index (χ2n) is 12.1. The van der Waals surface area contributed by atoms with Gasteiger partial charge in [0.05, 0.1) is 6.20 Å². The highest BCUT2D eigenvalue weighted by Crippen LogP contribution is 2.33. The smallest absolute Gasteiger partial charge is 0.410 e. The summed E-state index contributed by atoms with van der Waals surface area (Å²) in [6, 6.07) is 20.2. The molecule has 2 amide bonds. The minimum absolute atomic E-state index is 0.0283. The van der Waals surface area contributed by atoms with Gasteiger partial charge in [-0.15, -0.1) is 0 Å². The lowest BCUT2D eigenvalue weighted by Crippen LogP contribution is -2.50. The Morgan fingerprint density at radius 3 is 2.13 bits per heavy atom. The van der Waals surface area contributed by atoms with Crippen molar-refractivity contribution in [3.63, 3.8) is 0 Å². The van der Waals surface area contributed by atoms with E-state index in [9.17, 15) is 9.59 Å². The topological polar surface area (TPSA) is 83.3 Å². The zero-order chi connectivity index (χ0) is 32.3. The summed E-state index contributed by atoms with van der Waals surface area (Å²) >= 11 is 0. The molecule has 1 saturated heterocycles. The molecule has 0 atom stereocenters. The Hall–Kier alpha value is -4.92. The number of rotatable bonds is 4. The quantitative estimate of drug-likeness (QED) is 0.219. The lowest BCUT2D eigenvalue weighted by atomic mass is 9.96. The van der Waals surface area contributed by atoms with Gasteiger partial charge in [-0.25, -0.2) is 14.3 Å². The first-order chi connectivity index (χ1) is 21.6. The monoisotopic (exact) mass is 606 g/mol. The minimum atomic E-state index is -0.493. The first-order valence-corrected chi connectivity index (χ1v) is 15.5. The Balaban J connectivity index is 0.00000196. The largest absolute Gasteiger partial charge is 0.444 e. The highest BCUT2D eigenvalue weighted by molar-refractivity contribution is 6.11. The fraction of sp³-hybridized carbons (Fsp3) is 0.333. The van der Waals surface area contributed by atoms with Crippen molar-refractivity contribution >= 4 is 34.1 Å². The molecule has 0 bridgehead atoms. The molecule has 0 unspecified atom stereocenters. The van der Waals surface area contributed by atoms with Crippen molar-refractivity contribution < 1.29 is 14.3 Å². The van der Waals surface area contributed by atoms with E-state index in [1.807, 2.05) is 94.1 Å². The third-order valence-corrected chi connectivity index (χ3v) is 7.70. The van der Waals surface area contributed by atoms with Gasteiger partial charge < -0.3 is 19.4 Å². The van der Waals surface area contributed by atoms with E-state index >= 15 is 0 Å². The number of amides is 2. The van der Waals surface area contributed by atoms with Gasteiger partial charge >= 0.3 is 6.09 Å². The lowest BCUT2D eigenvalue weighted by molar-refractivity contribution is 0.0240.